The minimum Gasteiger partial charge on any atom is -0.496 e. The average molecular weight is 868 g/mol. The molecule has 0 amide bonds. The molecule has 0 fully saturated rings. The Morgan fingerprint density at radius 1 is 0.530 bits per heavy atom. The molecule has 13 rings (SSSR count). The monoisotopic (exact) mass is 867 g/mol. The van der Waals surface area contributed by atoms with Crippen molar-refractivity contribution >= 4 is 82.7 Å². The van der Waals surface area contributed by atoms with Crippen molar-refractivity contribution in [3.8, 4) is 28.0 Å². The second-order valence-corrected chi connectivity index (χ2v) is 19.8. The number of anilines is 3. The zero-order chi connectivity index (χ0) is 44.3. The molecule has 0 bridgehead atoms. The first-order chi connectivity index (χ1) is 32.3. The third kappa shape index (κ3) is 5.55. The van der Waals surface area contributed by atoms with Gasteiger partial charge in [0.15, 0.2) is 0 Å². The Labute approximate surface area is 388 Å². The Morgan fingerprint density at radius 3 is 1.92 bits per heavy atom. The van der Waals surface area contributed by atoms with Gasteiger partial charge >= 0.3 is 0 Å². The van der Waals surface area contributed by atoms with Gasteiger partial charge in [0.05, 0.1) is 18.2 Å². The summed E-state index contributed by atoms with van der Waals surface area (Å²) in [6.45, 7) is 6.84. The summed E-state index contributed by atoms with van der Waals surface area (Å²) < 4.78 is 15.4. The van der Waals surface area contributed by atoms with Crippen molar-refractivity contribution in [1.29, 1.82) is 0 Å². The van der Waals surface area contributed by atoms with Crippen LogP contribution < -0.4 is 9.64 Å². The lowest BCUT2D eigenvalue weighted by Crippen LogP contribution is -2.30. The summed E-state index contributed by atoms with van der Waals surface area (Å²) in [7, 11) is 1.79. The van der Waals surface area contributed by atoms with Crippen LogP contribution in [0, 0.1) is 0 Å². The van der Waals surface area contributed by atoms with Crippen LogP contribution in [0.25, 0.3) is 76.5 Å². The number of hydrogen-bond acceptors (Lipinski definition) is 4. The van der Waals surface area contributed by atoms with Crippen LogP contribution in [0.4, 0.5) is 17.1 Å². The van der Waals surface area contributed by atoms with Crippen molar-refractivity contribution in [2.75, 3.05) is 12.0 Å². The third-order valence-electron chi connectivity index (χ3n) is 14.2. The molecule has 0 aliphatic heterocycles. The maximum absolute atomic E-state index is 6.64. The molecule has 2 aromatic heterocycles. The van der Waals surface area contributed by atoms with Gasteiger partial charge in [-0.15, -0.1) is 11.3 Å². The van der Waals surface area contributed by atoms with Gasteiger partial charge in [-0.05, 0) is 116 Å². The molecule has 0 atom stereocenters. The lowest BCUT2D eigenvalue weighted by atomic mass is 9.65. The molecule has 2 heterocycles. The first-order valence-electron chi connectivity index (χ1n) is 22.8. The van der Waals surface area contributed by atoms with E-state index in [1.54, 1.807) is 7.11 Å². The molecular formula is C62H45NO2S. The zero-order valence-electron chi connectivity index (χ0n) is 37.2. The van der Waals surface area contributed by atoms with E-state index in [0.29, 0.717) is 0 Å². The van der Waals surface area contributed by atoms with Crippen molar-refractivity contribution < 1.29 is 9.15 Å². The molecule has 11 aromatic rings. The van der Waals surface area contributed by atoms with Gasteiger partial charge in [0.25, 0.3) is 0 Å². The lowest BCUT2D eigenvalue weighted by Gasteiger charge is -2.37. The van der Waals surface area contributed by atoms with Gasteiger partial charge < -0.3 is 14.1 Å². The molecule has 0 N–H and O–H groups in total. The second kappa shape index (κ2) is 14.4. The van der Waals surface area contributed by atoms with E-state index < -0.39 is 5.41 Å². The molecule has 2 aliphatic carbocycles. The molecule has 2 aliphatic rings. The van der Waals surface area contributed by atoms with Crippen molar-refractivity contribution in [1.82, 2.24) is 0 Å². The summed E-state index contributed by atoms with van der Waals surface area (Å²) in [6.07, 6.45) is 4.73. The number of furan rings is 1. The van der Waals surface area contributed by atoms with Gasteiger partial charge in [-0.2, -0.15) is 0 Å². The van der Waals surface area contributed by atoms with Gasteiger partial charge in [0.1, 0.15) is 16.9 Å². The van der Waals surface area contributed by atoms with E-state index in [1.165, 1.54) is 64.7 Å². The van der Waals surface area contributed by atoms with E-state index in [2.05, 4.69) is 220 Å². The van der Waals surface area contributed by atoms with Crippen LogP contribution >= 0.6 is 11.3 Å². The molecule has 3 nitrogen and oxygen atoms in total. The first kappa shape index (κ1) is 38.8. The quantitative estimate of drug-likeness (QED) is 0.172. The van der Waals surface area contributed by atoms with E-state index in [0.717, 1.165) is 61.4 Å². The Hall–Kier alpha value is -7.66. The van der Waals surface area contributed by atoms with E-state index in [9.17, 15) is 0 Å². The van der Waals surface area contributed by atoms with Crippen LogP contribution in [-0.2, 0) is 10.8 Å². The highest BCUT2D eigenvalue weighted by Crippen LogP contribution is 2.62. The van der Waals surface area contributed by atoms with Gasteiger partial charge in [0, 0.05) is 53.9 Å². The third-order valence-corrected chi connectivity index (χ3v) is 15.4. The van der Waals surface area contributed by atoms with Crippen LogP contribution in [0.15, 0.2) is 192 Å². The van der Waals surface area contributed by atoms with Gasteiger partial charge in [-0.3, -0.25) is 0 Å². The molecule has 9 aromatic carbocycles. The first-order valence-corrected chi connectivity index (χ1v) is 23.6. The minimum absolute atomic E-state index is 0.00586. The van der Waals surface area contributed by atoms with Crippen LogP contribution in [0.3, 0.4) is 0 Å². The zero-order valence-corrected chi connectivity index (χ0v) is 38.0. The van der Waals surface area contributed by atoms with Crippen LogP contribution in [0.1, 0.15) is 59.7 Å². The highest BCUT2D eigenvalue weighted by molar-refractivity contribution is 7.26. The molecular weight excluding hydrogens is 823 g/mol. The Bertz CT molecular complexity index is 3740. The normalized spacial score (nSPS) is 13.5. The maximum Gasteiger partial charge on any atom is 0.137 e. The Kier molecular flexibility index (Phi) is 8.47. The number of thiophene rings is 1. The summed E-state index contributed by atoms with van der Waals surface area (Å²) in [4.78, 5) is 2.49. The van der Waals surface area contributed by atoms with E-state index in [1.807, 2.05) is 17.4 Å². The summed E-state index contributed by atoms with van der Waals surface area (Å²) in [5.41, 5.74) is 17.6. The fourth-order valence-electron chi connectivity index (χ4n) is 11.1. The molecule has 316 valence electrons. The van der Waals surface area contributed by atoms with Crippen LogP contribution in [0.2, 0.25) is 0 Å². The molecule has 4 heteroatoms. The highest BCUT2D eigenvalue weighted by Gasteiger charge is 2.49. The average Bonchev–Trinajstić information content (AvgIpc) is 3.99. The smallest absolute Gasteiger partial charge is 0.137 e. The molecule has 0 unspecified atom stereocenters. The summed E-state index contributed by atoms with van der Waals surface area (Å²) in [6, 6.07) is 69.3. The predicted octanol–water partition coefficient (Wildman–Crippen LogP) is 17.2. The maximum atomic E-state index is 6.64. The van der Waals surface area contributed by atoms with Gasteiger partial charge in [-0.25, -0.2) is 0 Å². The number of methoxy groups -OCH3 is 1. The fourth-order valence-corrected chi connectivity index (χ4v) is 12.4. The van der Waals surface area contributed by atoms with Gasteiger partial charge in [0.2, 0.25) is 0 Å². The van der Waals surface area contributed by atoms with E-state index in [-0.39, 0.29) is 5.41 Å². The number of rotatable bonds is 5. The predicted molar refractivity (Wildman–Crippen MR) is 278 cm³/mol. The second-order valence-electron chi connectivity index (χ2n) is 18.8. The van der Waals surface area contributed by atoms with Crippen LogP contribution in [-0.4, -0.2) is 7.11 Å². The molecule has 0 radical (unpaired) electrons. The highest BCUT2D eigenvalue weighted by atomic mass is 32.1. The van der Waals surface area contributed by atoms with Crippen LogP contribution in [0.5, 0.6) is 5.75 Å². The molecule has 0 saturated heterocycles. The van der Waals surface area contributed by atoms with Crippen molar-refractivity contribution in [2.45, 2.75) is 31.6 Å². The number of para-hydroxylation sites is 1. The summed E-state index contributed by atoms with van der Waals surface area (Å²) >= 11 is 1.89. The van der Waals surface area contributed by atoms with Crippen molar-refractivity contribution in [3.05, 3.63) is 227 Å². The lowest BCUT2D eigenvalue weighted by molar-refractivity contribution is 0.416. The molecule has 0 saturated carbocycles. The number of hydrogen-bond donors (Lipinski definition) is 0. The largest absolute Gasteiger partial charge is 0.496 e. The molecule has 66 heavy (non-hydrogen) atoms. The number of benzene rings is 9. The fraction of sp³-hybridized carbons (Fsp3) is 0.0968. The Morgan fingerprint density at radius 2 is 1.18 bits per heavy atom. The summed E-state index contributed by atoms with van der Waals surface area (Å²) in [5, 5.41) is 4.69. The van der Waals surface area contributed by atoms with E-state index in [4.69, 9.17) is 9.15 Å². The van der Waals surface area contributed by atoms with Crippen molar-refractivity contribution in [3.63, 3.8) is 0 Å². The van der Waals surface area contributed by atoms with Gasteiger partial charge in [-0.1, -0.05) is 160 Å². The minimum atomic E-state index is -0.708. The molecule has 1 spiro atoms. The standard InChI is InChI=1S/C62H45NO2S/c1-61(2,3)40-27-29-41(30-28-40)63(42-31-33-46-45-20-10-14-24-55(45)65-57(46)35-42)54-37-53-47(60-59(54)48-21-11-15-25-58(48)66-60)32-26-39-34-56(64-4)49(38-16-6-5-7-17-38)36-52(39)62(53)50-22-12-8-18-43(50)44-19-9-13-23-51(44)62/h5-37H,1-4H3. The number of fused-ring (bicyclic) bond motifs is 16. The Balaban J connectivity index is 1.20. The van der Waals surface area contributed by atoms with E-state index >= 15 is 0 Å². The number of ether oxygens (including phenoxy) is 1. The SMILES string of the molecule is COc1cc2c(cc1-c1ccccc1)C1(c3ccccc3-c3ccccc31)c1cc(N(c3ccc(C(C)(C)C)cc3)c3ccc4c(c3)oc3ccccc34)c3c(sc4ccccc43)c1C=C2. The topological polar surface area (TPSA) is 25.6 Å². The summed E-state index contributed by atoms with van der Waals surface area (Å²) in [5.74, 6) is 0.851. The number of nitrogens with zero attached hydrogens (tertiary/aromatic N) is 1. The van der Waals surface area contributed by atoms with Crippen molar-refractivity contribution in [2.24, 2.45) is 0 Å².